The Balaban J connectivity index is 1.44. The molecule has 3 aromatic rings. The number of hydrogen-bond donors (Lipinski definition) is 1. The Morgan fingerprint density at radius 1 is 1.15 bits per heavy atom. The Labute approximate surface area is 159 Å². The van der Waals surface area contributed by atoms with Crippen LogP contribution in [0.2, 0.25) is 0 Å². The number of carbonyl (C=O) groups is 1. The second-order valence-corrected chi connectivity index (χ2v) is 6.31. The Hall–Kier alpha value is -3.02. The van der Waals surface area contributed by atoms with E-state index in [2.05, 4.69) is 20.9 Å². The monoisotopic (exact) mass is 367 g/mol. The van der Waals surface area contributed by atoms with Crippen molar-refractivity contribution in [3.8, 4) is 11.5 Å². The van der Waals surface area contributed by atoms with Crippen LogP contribution < -0.4 is 14.8 Å². The van der Waals surface area contributed by atoms with Gasteiger partial charge in [0.05, 0.1) is 31.6 Å². The number of rotatable bonds is 9. The van der Waals surface area contributed by atoms with E-state index < -0.39 is 0 Å². The van der Waals surface area contributed by atoms with Gasteiger partial charge in [0, 0.05) is 19.5 Å². The van der Waals surface area contributed by atoms with Crippen molar-refractivity contribution in [2.24, 2.45) is 0 Å². The van der Waals surface area contributed by atoms with Crippen LogP contribution in [0.3, 0.4) is 0 Å². The number of nitrogens with one attached hydrogen (secondary N) is 1. The predicted octanol–water partition coefficient (Wildman–Crippen LogP) is 3.19. The second-order valence-electron chi connectivity index (χ2n) is 6.31. The van der Waals surface area contributed by atoms with Crippen molar-refractivity contribution < 1.29 is 14.3 Å². The first-order valence-corrected chi connectivity index (χ1v) is 9.08. The number of carbonyl (C=O) groups excluding carboxylic acids is 1. The molecule has 0 spiro atoms. The number of fused-ring (bicyclic) bond motifs is 1. The Morgan fingerprint density at radius 2 is 2.00 bits per heavy atom. The van der Waals surface area contributed by atoms with Crippen LogP contribution in [0, 0.1) is 0 Å². The molecule has 0 fully saturated rings. The average Bonchev–Trinajstić information content (AvgIpc) is 3.12. The molecule has 0 saturated heterocycles. The molecule has 1 N–H and O–H groups in total. The van der Waals surface area contributed by atoms with Gasteiger partial charge in [-0.2, -0.15) is 0 Å². The maximum Gasteiger partial charge on any atom is 0.220 e. The number of aryl methyl sites for hydroxylation is 2. The second kappa shape index (κ2) is 9.07. The molecule has 6 nitrogen and oxygen atoms in total. The van der Waals surface area contributed by atoms with E-state index in [1.54, 1.807) is 14.2 Å². The number of imidazole rings is 1. The lowest BCUT2D eigenvalue weighted by Crippen LogP contribution is -2.25. The number of amides is 1. The zero-order chi connectivity index (χ0) is 19.1. The van der Waals surface area contributed by atoms with E-state index in [4.69, 9.17) is 9.47 Å². The highest BCUT2D eigenvalue weighted by Crippen LogP contribution is 2.25. The van der Waals surface area contributed by atoms with Crippen LogP contribution in [0.15, 0.2) is 48.8 Å². The molecule has 2 aromatic carbocycles. The van der Waals surface area contributed by atoms with Crippen LogP contribution in [0.5, 0.6) is 11.5 Å². The summed E-state index contributed by atoms with van der Waals surface area (Å²) < 4.78 is 12.7. The van der Waals surface area contributed by atoms with Crippen LogP contribution in [-0.4, -0.2) is 36.2 Å². The maximum atomic E-state index is 12.1. The van der Waals surface area contributed by atoms with Gasteiger partial charge in [-0.15, -0.1) is 0 Å². The van der Waals surface area contributed by atoms with E-state index in [1.807, 2.05) is 42.7 Å². The van der Waals surface area contributed by atoms with Gasteiger partial charge in [0.1, 0.15) is 11.5 Å². The van der Waals surface area contributed by atoms with Crippen LogP contribution in [-0.2, 0) is 17.8 Å². The minimum absolute atomic E-state index is 0.0374. The number of benzene rings is 2. The summed E-state index contributed by atoms with van der Waals surface area (Å²) in [6.45, 7) is 1.46. The SMILES string of the molecule is COc1ccc(OC)c(CCC(=O)NCCCn2cnc3ccccc32)c1. The molecule has 6 heteroatoms. The first-order valence-electron chi connectivity index (χ1n) is 9.08. The molecule has 0 radical (unpaired) electrons. The first-order chi connectivity index (χ1) is 13.2. The van der Waals surface area contributed by atoms with Gasteiger partial charge in [0.25, 0.3) is 0 Å². The smallest absolute Gasteiger partial charge is 0.220 e. The summed E-state index contributed by atoms with van der Waals surface area (Å²) in [5.74, 6) is 1.57. The lowest BCUT2D eigenvalue weighted by molar-refractivity contribution is -0.121. The lowest BCUT2D eigenvalue weighted by Gasteiger charge is -2.11. The zero-order valence-corrected chi connectivity index (χ0v) is 15.8. The molecule has 0 atom stereocenters. The molecule has 27 heavy (non-hydrogen) atoms. The van der Waals surface area contributed by atoms with Crippen LogP contribution in [0.25, 0.3) is 11.0 Å². The summed E-state index contributed by atoms with van der Waals surface area (Å²) in [5.41, 5.74) is 3.08. The molecule has 1 aromatic heterocycles. The van der Waals surface area contributed by atoms with E-state index in [-0.39, 0.29) is 5.91 Å². The number of hydrogen-bond acceptors (Lipinski definition) is 4. The molecule has 0 bridgehead atoms. The Kier molecular flexibility index (Phi) is 6.30. The third-order valence-electron chi connectivity index (χ3n) is 4.53. The number of methoxy groups -OCH3 is 2. The van der Waals surface area contributed by atoms with Crippen molar-refractivity contribution >= 4 is 16.9 Å². The number of para-hydroxylation sites is 2. The van der Waals surface area contributed by atoms with Crippen molar-refractivity contribution in [3.05, 3.63) is 54.4 Å². The lowest BCUT2D eigenvalue weighted by atomic mass is 10.1. The molecule has 3 rings (SSSR count). The predicted molar refractivity (Wildman–Crippen MR) is 105 cm³/mol. The number of aromatic nitrogens is 2. The highest BCUT2D eigenvalue weighted by atomic mass is 16.5. The van der Waals surface area contributed by atoms with E-state index in [0.29, 0.717) is 19.4 Å². The Bertz CT molecular complexity index is 905. The average molecular weight is 367 g/mol. The fourth-order valence-corrected chi connectivity index (χ4v) is 3.08. The quantitative estimate of drug-likeness (QED) is 0.590. The zero-order valence-electron chi connectivity index (χ0n) is 15.8. The fourth-order valence-electron chi connectivity index (χ4n) is 3.08. The largest absolute Gasteiger partial charge is 0.497 e. The highest BCUT2D eigenvalue weighted by molar-refractivity contribution is 5.76. The molecule has 0 aliphatic carbocycles. The summed E-state index contributed by atoms with van der Waals surface area (Å²) in [4.78, 5) is 16.5. The van der Waals surface area contributed by atoms with Crippen molar-refractivity contribution in [1.29, 1.82) is 0 Å². The minimum Gasteiger partial charge on any atom is -0.497 e. The first kappa shape index (κ1) is 18.8. The molecule has 0 unspecified atom stereocenters. The molecule has 142 valence electrons. The molecule has 0 aliphatic heterocycles. The van der Waals surface area contributed by atoms with Gasteiger partial charge in [0.2, 0.25) is 5.91 Å². The van der Waals surface area contributed by atoms with Crippen molar-refractivity contribution in [1.82, 2.24) is 14.9 Å². The van der Waals surface area contributed by atoms with Gasteiger partial charge in [-0.25, -0.2) is 4.98 Å². The van der Waals surface area contributed by atoms with Gasteiger partial charge in [-0.3, -0.25) is 4.79 Å². The van der Waals surface area contributed by atoms with Crippen molar-refractivity contribution in [2.75, 3.05) is 20.8 Å². The molecular weight excluding hydrogens is 342 g/mol. The third-order valence-corrected chi connectivity index (χ3v) is 4.53. The normalized spacial score (nSPS) is 10.7. The van der Waals surface area contributed by atoms with Gasteiger partial charge in [-0.1, -0.05) is 12.1 Å². The van der Waals surface area contributed by atoms with Gasteiger partial charge < -0.3 is 19.4 Å². The maximum absolute atomic E-state index is 12.1. The van der Waals surface area contributed by atoms with Crippen molar-refractivity contribution in [2.45, 2.75) is 25.8 Å². The summed E-state index contributed by atoms with van der Waals surface area (Å²) in [6.07, 6.45) is 3.73. The highest BCUT2D eigenvalue weighted by Gasteiger charge is 2.08. The van der Waals surface area contributed by atoms with Crippen LogP contribution in [0.4, 0.5) is 0 Å². The summed E-state index contributed by atoms with van der Waals surface area (Å²) >= 11 is 0. The van der Waals surface area contributed by atoms with Crippen molar-refractivity contribution in [3.63, 3.8) is 0 Å². The van der Waals surface area contributed by atoms with Gasteiger partial charge >= 0.3 is 0 Å². The van der Waals surface area contributed by atoms with E-state index in [0.717, 1.165) is 41.1 Å². The molecule has 1 amide bonds. The number of ether oxygens (including phenoxy) is 2. The summed E-state index contributed by atoms with van der Waals surface area (Å²) in [7, 11) is 3.26. The topological polar surface area (TPSA) is 65.4 Å². The summed E-state index contributed by atoms with van der Waals surface area (Å²) in [5, 5.41) is 2.98. The standard InChI is InChI=1S/C21H25N3O3/c1-26-17-9-10-20(27-2)16(14-17)8-11-21(25)22-12-5-13-24-15-23-18-6-3-4-7-19(18)24/h3-4,6-7,9-10,14-15H,5,8,11-13H2,1-2H3,(H,22,25). The summed E-state index contributed by atoms with van der Waals surface area (Å²) in [6, 6.07) is 13.7. The van der Waals surface area contributed by atoms with Gasteiger partial charge in [-0.05, 0) is 48.7 Å². The molecule has 1 heterocycles. The van der Waals surface area contributed by atoms with E-state index in [9.17, 15) is 4.79 Å². The van der Waals surface area contributed by atoms with Crippen LogP contribution in [0.1, 0.15) is 18.4 Å². The molecule has 0 saturated carbocycles. The molecular formula is C21H25N3O3. The minimum atomic E-state index is 0.0374. The third kappa shape index (κ3) is 4.78. The van der Waals surface area contributed by atoms with E-state index >= 15 is 0 Å². The van der Waals surface area contributed by atoms with E-state index in [1.165, 1.54) is 0 Å². The Morgan fingerprint density at radius 3 is 2.81 bits per heavy atom. The fraction of sp³-hybridized carbons (Fsp3) is 0.333. The van der Waals surface area contributed by atoms with Crippen LogP contribution >= 0.6 is 0 Å². The van der Waals surface area contributed by atoms with Gasteiger partial charge in [0.15, 0.2) is 0 Å². The molecule has 0 aliphatic rings. The number of nitrogens with zero attached hydrogens (tertiary/aromatic N) is 2.